The maximum Gasteiger partial charge on any atom is 0.310 e. The Morgan fingerprint density at radius 3 is 2.79 bits per heavy atom. The van der Waals surface area contributed by atoms with Crippen molar-refractivity contribution in [2.24, 2.45) is 11.8 Å². The summed E-state index contributed by atoms with van der Waals surface area (Å²) in [6, 6.07) is -1.52. The largest absolute Gasteiger partial charge is 0.481 e. The first-order valence-electron chi connectivity index (χ1n) is 10.1. The maximum absolute atomic E-state index is 13.6. The first-order valence-corrected chi connectivity index (χ1v) is 10.1. The molecule has 28 heavy (non-hydrogen) atoms. The number of nitrogens with zero attached hydrogens (tertiary/aromatic N) is 2. The van der Waals surface area contributed by atoms with Crippen LogP contribution in [0.15, 0.2) is 12.7 Å². The van der Waals surface area contributed by atoms with E-state index in [0.717, 1.165) is 12.8 Å². The molecule has 3 heterocycles. The average molecular weight is 394 g/mol. The quantitative estimate of drug-likeness (QED) is 0.556. The number of carbonyl (C=O) groups is 3. The third-order valence-corrected chi connectivity index (χ3v) is 6.44. The first kappa shape index (κ1) is 20.8. The normalized spacial score (nSPS) is 34.4. The Balaban J connectivity index is 2.03. The molecule has 2 amide bonds. The van der Waals surface area contributed by atoms with E-state index >= 15 is 0 Å². The SMILES string of the molecule is C=CCN(CCCC)C(=O)[C@H]1N([C@H](C)CO)C(=O)[C@@H]2[C@@H](C(=O)O)[C@H]3CC[C@]21O3. The Hall–Kier alpha value is -1.93. The molecule has 3 aliphatic heterocycles. The van der Waals surface area contributed by atoms with Gasteiger partial charge in [-0.25, -0.2) is 0 Å². The van der Waals surface area contributed by atoms with E-state index in [9.17, 15) is 24.6 Å². The zero-order valence-corrected chi connectivity index (χ0v) is 16.5. The van der Waals surface area contributed by atoms with Crippen LogP contribution in [-0.2, 0) is 19.1 Å². The Morgan fingerprint density at radius 1 is 1.50 bits per heavy atom. The monoisotopic (exact) mass is 394 g/mol. The number of hydrogen-bond donors (Lipinski definition) is 2. The van der Waals surface area contributed by atoms with Gasteiger partial charge in [-0.1, -0.05) is 19.4 Å². The lowest BCUT2D eigenvalue weighted by molar-refractivity contribution is -0.153. The van der Waals surface area contributed by atoms with Gasteiger partial charge in [-0.05, 0) is 26.2 Å². The van der Waals surface area contributed by atoms with Crippen LogP contribution < -0.4 is 0 Å². The van der Waals surface area contributed by atoms with Crippen LogP contribution in [0.5, 0.6) is 0 Å². The predicted molar refractivity (Wildman–Crippen MR) is 100 cm³/mol. The van der Waals surface area contributed by atoms with Crippen molar-refractivity contribution >= 4 is 17.8 Å². The molecule has 2 N–H and O–H groups in total. The van der Waals surface area contributed by atoms with E-state index in [1.807, 2.05) is 6.92 Å². The summed E-state index contributed by atoms with van der Waals surface area (Å²) in [5, 5.41) is 19.4. The van der Waals surface area contributed by atoms with Gasteiger partial charge in [0.05, 0.1) is 30.6 Å². The molecular formula is C20H30N2O6. The summed E-state index contributed by atoms with van der Waals surface area (Å²) in [6.07, 6.45) is 3.81. The molecule has 3 aliphatic rings. The minimum atomic E-state index is -1.13. The molecule has 156 valence electrons. The van der Waals surface area contributed by atoms with Crippen LogP contribution in [0.4, 0.5) is 0 Å². The van der Waals surface area contributed by atoms with Gasteiger partial charge in [0.1, 0.15) is 11.6 Å². The molecule has 8 heteroatoms. The minimum absolute atomic E-state index is 0.254. The smallest absolute Gasteiger partial charge is 0.310 e. The van der Waals surface area contributed by atoms with Crippen molar-refractivity contribution in [3.8, 4) is 0 Å². The topological polar surface area (TPSA) is 107 Å². The number of aliphatic hydroxyl groups excluding tert-OH is 1. The summed E-state index contributed by atoms with van der Waals surface area (Å²) in [5.41, 5.74) is -1.13. The van der Waals surface area contributed by atoms with Crippen LogP contribution in [0.2, 0.25) is 0 Å². The zero-order chi connectivity index (χ0) is 20.6. The van der Waals surface area contributed by atoms with Gasteiger partial charge in [0.25, 0.3) is 0 Å². The highest BCUT2D eigenvalue weighted by molar-refractivity contribution is 5.98. The van der Waals surface area contributed by atoms with E-state index < -0.39 is 47.5 Å². The average Bonchev–Trinajstić information content (AvgIpc) is 3.31. The molecule has 0 saturated carbocycles. The molecule has 1 spiro atoms. The Kier molecular flexibility index (Phi) is 5.82. The van der Waals surface area contributed by atoms with Crippen LogP contribution >= 0.6 is 0 Å². The number of carboxylic acids is 1. The van der Waals surface area contributed by atoms with Crippen molar-refractivity contribution in [1.82, 2.24) is 9.80 Å². The van der Waals surface area contributed by atoms with Gasteiger partial charge >= 0.3 is 5.97 Å². The molecule has 0 aromatic carbocycles. The van der Waals surface area contributed by atoms with Crippen LogP contribution in [0.1, 0.15) is 39.5 Å². The fraction of sp³-hybridized carbons (Fsp3) is 0.750. The van der Waals surface area contributed by atoms with Gasteiger partial charge < -0.3 is 24.7 Å². The second kappa shape index (κ2) is 7.83. The summed E-state index contributed by atoms with van der Waals surface area (Å²) >= 11 is 0. The number of rotatable bonds is 9. The molecule has 0 aliphatic carbocycles. The van der Waals surface area contributed by atoms with E-state index in [-0.39, 0.29) is 12.5 Å². The zero-order valence-electron chi connectivity index (χ0n) is 16.5. The summed E-state index contributed by atoms with van der Waals surface area (Å²) in [6.45, 7) is 7.99. The Morgan fingerprint density at radius 2 is 2.21 bits per heavy atom. The van der Waals surface area contributed by atoms with E-state index in [0.29, 0.717) is 25.9 Å². The van der Waals surface area contributed by atoms with E-state index in [2.05, 4.69) is 6.58 Å². The van der Waals surface area contributed by atoms with Gasteiger partial charge in [-0.15, -0.1) is 6.58 Å². The Bertz CT molecular complexity index is 667. The van der Waals surface area contributed by atoms with Crippen LogP contribution in [0.25, 0.3) is 0 Å². The molecule has 8 nitrogen and oxygen atoms in total. The van der Waals surface area contributed by atoms with Gasteiger partial charge in [-0.2, -0.15) is 0 Å². The van der Waals surface area contributed by atoms with E-state index in [4.69, 9.17) is 4.74 Å². The second-order valence-corrected chi connectivity index (χ2v) is 8.10. The number of ether oxygens (including phenoxy) is 1. The number of aliphatic carboxylic acids is 1. The van der Waals surface area contributed by atoms with Crippen molar-refractivity contribution in [2.45, 2.75) is 63.3 Å². The fourth-order valence-electron chi connectivity index (χ4n) is 5.18. The number of carbonyl (C=O) groups excluding carboxylic acids is 2. The van der Waals surface area contributed by atoms with Crippen molar-refractivity contribution in [1.29, 1.82) is 0 Å². The highest BCUT2D eigenvalue weighted by Gasteiger charge is 2.75. The summed E-state index contributed by atoms with van der Waals surface area (Å²) in [7, 11) is 0. The maximum atomic E-state index is 13.6. The third kappa shape index (κ3) is 2.93. The number of unbranched alkanes of at least 4 members (excludes halogenated alkanes) is 1. The van der Waals surface area contributed by atoms with Crippen LogP contribution in [0, 0.1) is 11.8 Å². The summed E-state index contributed by atoms with van der Waals surface area (Å²) < 4.78 is 6.12. The number of carboxylic acid groups (broad SMARTS) is 1. The molecule has 3 rings (SSSR count). The molecular weight excluding hydrogens is 364 g/mol. The number of likely N-dealkylation sites (tertiary alicyclic amines) is 1. The van der Waals surface area contributed by atoms with Gasteiger partial charge in [0.2, 0.25) is 11.8 Å². The van der Waals surface area contributed by atoms with Crippen molar-refractivity contribution in [2.75, 3.05) is 19.7 Å². The predicted octanol–water partition coefficient (Wildman–Crippen LogP) is 0.641. The standard InChI is InChI=1S/C20H30N2O6/c1-4-6-10-21(9-5-2)18(25)16-20-8-7-13(28-20)14(19(26)27)15(20)17(24)22(16)12(3)11-23/h5,12-16,23H,2,4,6-11H2,1,3H3,(H,26,27)/t12-,13-,14+,15+,16-,20+/m1/s1. The number of fused-ring (bicyclic) bond motifs is 1. The molecule has 3 saturated heterocycles. The molecule has 0 aromatic heterocycles. The lowest BCUT2D eigenvalue weighted by Gasteiger charge is -2.38. The molecule has 0 aromatic rings. The van der Waals surface area contributed by atoms with Gasteiger partial charge in [0, 0.05) is 13.1 Å². The molecule has 3 fully saturated rings. The minimum Gasteiger partial charge on any atom is -0.481 e. The van der Waals surface area contributed by atoms with E-state index in [1.165, 1.54) is 4.90 Å². The van der Waals surface area contributed by atoms with Crippen molar-refractivity contribution < 1.29 is 29.3 Å². The second-order valence-electron chi connectivity index (χ2n) is 8.10. The molecule has 0 radical (unpaired) electrons. The fourth-order valence-corrected chi connectivity index (χ4v) is 5.18. The first-order chi connectivity index (χ1) is 13.3. The molecule has 6 atom stereocenters. The highest BCUT2D eigenvalue weighted by Crippen LogP contribution is 2.58. The van der Waals surface area contributed by atoms with Crippen LogP contribution in [0.3, 0.4) is 0 Å². The lowest BCUT2D eigenvalue weighted by atomic mass is 9.70. The van der Waals surface area contributed by atoms with Gasteiger partial charge in [0.15, 0.2) is 0 Å². The van der Waals surface area contributed by atoms with Gasteiger partial charge in [-0.3, -0.25) is 14.4 Å². The summed E-state index contributed by atoms with van der Waals surface area (Å²) in [4.78, 5) is 41.8. The number of amides is 2. The number of aliphatic hydroxyl groups is 1. The molecule has 0 unspecified atom stereocenters. The van der Waals surface area contributed by atoms with E-state index in [1.54, 1.807) is 17.9 Å². The lowest BCUT2D eigenvalue weighted by Crippen LogP contribution is -2.58. The highest BCUT2D eigenvalue weighted by atomic mass is 16.5. The third-order valence-electron chi connectivity index (χ3n) is 6.44. The molecule has 2 bridgehead atoms. The van der Waals surface area contributed by atoms with Crippen LogP contribution in [-0.4, -0.2) is 81.3 Å². The Labute approximate surface area is 165 Å². The summed E-state index contributed by atoms with van der Waals surface area (Å²) in [5.74, 6) is -3.55. The number of hydrogen-bond acceptors (Lipinski definition) is 5. The van der Waals surface area contributed by atoms with Crippen molar-refractivity contribution in [3.05, 3.63) is 12.7 Å². The van der Waals surface area contributed by atoms with Crippen molar-refractivity contribution in [3.63, 3.8) is 0 Å².